The summed E-state index contributed by atoms with van der Waals surface area (Å²) < 4.78 is 34.2. The molecule has 0 heterocycles. The molecule has 418 valence electrons. The van der Waals surface area contributed by atoms with Crippen LogP contribution in [0.5, 0.6) is 0 Å². The van der Waals surface area contributed by atoms with Crippen LogP contribution in [0.2, 0.25) is 0 Å². The van der Waals surface area contributed by atoms with Gasteiger partial charge in [0, 0.05) is 12.8 Å². The quantitative estimate of drug-likeness (QED) is 0.0256. The normalized spacial score (nSPS) is 13.2. The van der Waals surface area contributed by atoms with Crippen molar-refractivity contribution in [3.8, 4) is 0 Å². The van der Waals surface area contributed by atoms with Gasteiger partial charge in [-0.05, 0) is 12.8 Å². The van der Waals surface area contributed by atoms with E-state index in [2.05, 4.69) is 13.8 Å². The fourth-order valence-electron chi connectivity index (χ4n) is 9.37. The molecule has 9 nitrogen and oxygen atoms in total. The molecule has 0 saturated heterocycles. The van der Waals surface area contributed by atoms with Crippen molar-refractivity contribution in [1.29, 1.82) is 0 Å². The lowest BCUT2D eigenvalue weighted by atomic mass is 10.0. The van der Waals surface area contributed by atoms with Gasteiger partial charge in [-0.2, -0.15) is 0 Å². The van der Waals surface area contributed by atoms with E-state index < -0.39 is 26.5 Å². The van der Waals surface area contributed by atoms with E-state index in [0.717, 1.165) is 32.1 Å². The first-order valence-electron chi connectivity index (χ1n) is 30.7. The van der Waals surface area contributed by atoms with Crippen molar-refractivity contribution in [2.24, 2.45) is 0 Å². The fourth-order valence-corrected chi connectivity index (χ4v) is 10.1. The summed E-state index contributed by atoms with van der Waals surface area (Å²) in [4.78, 5) is 37.9. The van der Waals surface area contributed by atoms with Crippen LogP contribution >= 0.6 is 7.82 Å². The first-order valence-corrected chi connectivity index (χ1v) is 32.2. The average molecular weight is 1010 g/mol. The second-order valence-electron chi connectivity index (χ2n) is 22.4. The molecule has 10 heteroatoms. The van der Waals surface area contributed by atoms with E-state index in [1.165, 1.54) is 257 Å². The summed E-state index contributed by atoms with van der Waals surface area (Å²) in [6, 6.07) is 0. The average Bonchev–Trinajstić information content (AvgIpc) is 3.32. The molecule has 0 aromatic carbocycles. The van der Waals surface area contributed by atoms with Crippen molar-refractivity contribution in [3.05, 3.63) is 0 Å². The number of quaternary nitrogens is 1. The molecule has 0 saturated carbocycles. The SMILES string of the molecule is CCCCCCCCCCCCCCCCCCCCCCCCCCCCCCCCC(=O)OC(COC(=O)CCCCCCCCCCCCCCCCCC)COP(=O)([O-])OCC[N+](C)(C)C. The number of nitrogens with zero attached hydrogens (tertiary/aromatic N) is 1. The van der Waals surface area contributed by atoms with Gasteiger partial charge in [0.25, 0.3) is 7.82 Å². The minimum atomic E-state index is -4.63. The van der Waals surface area contributed by atoms with Crippen molar-refractivity contribution in [2.45, 2.75) is 328 Å². The van der Waals surface area contributed by atoms with Crippen LogP contribution in [0.1, 0.15) is 322 Å². The lowest BCUT2D eigenvalue weighted by Crippen LogP contribution is -2.37. The Kier molecular flexibility index (Phi) is 52.1. The summed E-state index contributed by atoms with van der Waals surface area (Å²) >= 11 is 0. The summed E-state index contributed by atoms with van der Waals surface area (Å²) in [7, 11) is 1.19. The number of likely N-dealkylation sites (N-methyl/N-ethyl adjacent to an activating group) is 1. The van der Waals surface area contributed by atoms with Crippen LogP contribution in [-0.2, 0) is 32.7 Å². The largest absolute Gasteiger partial charge is 0.756 e. The number of phosphoric ester groups is 1. The zero-order valence-corrected chi connectivity index (χ0v) is 48.4. The molecule has 2 unspecified atom stereocenters. The third-order valence-electron chi connectivity index (χ3n) is 14.1. The van der Waals surface area contributed by atoms with Gasteiger partial charge in [-0.1, -0.05) is 296 Å². The van der Waals surface area contributed by atoms with Crippen molar-refractivity contribution < 1.29 is 42.1 Å². The predicted octanol–water partition coefficient (Wildman–Crippen LogP) is 18.4. The Bertz CT molecular complexity index is 1150. The molecule has 0 radical (unpaired) electrons. The zero-order valence-electron chi connectivity index (χ0n) is 47.5. The number of rotatable bonds is 58. The minimum Gasteiger partial charge on any atom is -0.756 e. The standard InChI is InChI=1S/C60H120NO8P/c1-6-8-10-12-14-16-18-20-22-24-25-26-27-28-29-30-31-32-33-34-35-36-37-39-41-43-45-47-49-51-53-60(63)69-58(57-68-70(64,65)67-55-54-61(3,4)5)56-66-59(62)52-50-48-46-44-42-40-38-23-21-19-17-15-13-11-9-7-2/h58H,6-57H2,1-5H3. The van der Waals surface area contributed by atoms with Crippen LogP contribution in [-0.4, -0.2) is 70.0 Å². The molecular weight excluding hydrogens is 894 g/mol. The number of ether oxygens (including phenoxy) is 2. The van der Waals surface area contributed by atoms with Gasteiger partial charge in [-0.25, -0.2) is 0 Å². The summed E-state index contributed by atoms with van der Waals surface area (Å²) in [5.41, 5.74) is 0. The highest BCUT2D eigenvalue weighted by Gasteiger charge is 2.22. The van der Waals surface area contributed by atoms with Gasteiger partial charge in [0.15, 0.2) is 6.10 Å². The van der Waals surface area contributed by atoms with E-state index >= 15 is 0 Å². The molecule has 70 heavy (non-hydrogen) atoms. The van der Waals surface area contributed by atoms with Gasteiger partial charge < -0.3 is 27.9 Å². The molecule has 0 aliphatic heterocycles. The molecular formula is C60H120NO8P. The van der Waals surface area contributed by atoms with Gasteiger partial charge in [0.1, 0.15) is 19.8 Å². The highest BCUT2D eigenvalue weighted by atomic mass is 31.2. The highest BCUT2D eigenvalue weighted by Crippen LogP contribution is 2.38. The smallest absolute Gasteiger partial charge is 0.306 e. The fraction of sp³-hybridized carbons (Fsp3) is 0.967. The molecule has 0 aliphatic rings. The maximum Gasteiger partial charge on any atom is 0.306 e. The molecule has 0 N–H and O–H groups in total. The van der Waals surface area contributed by atoms with Gasteiger partial charge >= 0.3 is 11.9 Å². The number of hydrogen-bond donors (Lipinski definition) is 0. The topological polar surface area (TPSA) is 111 Å². The van der Waals surface area contributed by atoms with E-state index in [1.54, 1.807) is 0 Å². The maximum atomic E-state index is 12.8. The Morgan fingerprint density at radius 1 is 0.386 bits per heavy atom. The lowest BCUT2D eigenvalue weighted by Gasteiger charge is -2.28. The molecule has 0 rings (SSSR count). The van der Waals surface area contributed by atoms with E-state index in [0.29, 0.717) is 17.4 Å². The zero-order chi connectivity index (χ0) is 51.3. The predicted molar refractivity (Wildman–Crippen MR) is 296 cm³/mol. The summed E-state index contributed by atoms with van der Waals surface area (Å²) in [5.74, 6) is -0.809. The van der Waals surface area contributed by atoms with Crippen molar-refractivity contribution in [3.63, 3.8) is 0 Å². The number of carbonyl (C=O) groups is 2. The van der Waals surface area contributed by atoms with Crippen LogP contribution in [0.25, 0.3) is 0 Å². The summed E-state index contributed by atoms with van der Waals surface area (Å²) in [6.07, 6.45) is 60.2. The number of carbonyl (C=O) groups excluding carboxylic acids is 2. The van der Waals surface area contributed by atoms with Crippen LogP contribution in [0.15, 0.2) is 0 Å². The summed E-state index contributed by atoms with van der Waals surface area (Å²) in [6.45, 7) is 4.31. The molecule has 0 amide bonds. The van der Waals surface area contributed by atoms with Crippen molar-refractivity contribution in [1.82, 2.24) is 0 Å². The van der Waals surface area contributed by atoms with E-state index in [1.807, 2.05) is 21.1 Å². The third-order valence-corrected chi connectivity index (χ3v) is 15.1. The van der Waals surface area contributed by atoms with Crippen LogP contribution in [0, 0.1) is 0 Å². The van der Waals surface area contributed by atoms with Crippen molar-refractivity contribution in [2.75, 3.05) is 47.5 Å². The van der Waals surface area contributed by atoms with Gasteiger partial charge in [0.05, 0.1) is 27.7 Å². The number of unbranched alkanes of at least 4 members (excludes halogenated alkanes) is 44. The second-order valence-corrected chi connectivity index (χ2v) is 23.9. The molecule has 0 aliphatic carbocycles. The highest BCUT2D eigenvalue weighted by molar-refractivity contribution is 7.45. The van der Waals surface area contributed by atoms with E-state index in [9.17, 15) is 19.0 Å². The van der Waals surface area contributed by atoms with E-state index in [-0.39, 0.29) is 32.0 Å². The molecule has 2 atom stereocenters. The number of hydrogen-bond acceptors (Lipinski definition) is 8. The van der Waals surface area contributed by atoms with Gasteiger partial charge in [-0.15, -0.1) is 0 Å². The Labute approximate surface area is 435 Å². The lowest BCUT2D eigenvalue weighted by molar-refractivity contribution is -0.870. The Hall–Kier alpha value is -0.990. The van der Waals surface area contributed by atoms with Gasteiger partial charge in [0.2, 0.25) is 0 Å². The minimum absolute atomic E-state index is 0.0251. The first-order chi connectivity index (χ1) is 34.0. The van der Waals surface area contributed by atoms with Crippen LogP contribution in [0.3, 0.4) is 0 Å². The second kappa shape index (κ2) is 52.9. The molecule has 0 fully saturated rings. The van der Waals surface area contributed by atoms with E-state index in [4.69, 9.17) is 18.5 Å². The number of esters is 2. The molecule has 0 aromatic rings. The third kappa shape index (κ3) is 56.3. The monoisotopic (exact) mass is 1010 g/mol. The Balaban J connectivity index is 4.00. The molecule has 0 bridgehead atoms. The maximum absolute atomic E-state index is 12.8. The van der Waals surface area contributed by atoms with Crippen LogP contribution < -0.4 is 4.89 Å². The Morgan fingerprint density at radius 3 is 0.914 bits per heavy atom. The van der Waals surface area contributed by atoms with Gasteiger partial charge in [-0.3, -0.25) is 14.2 Å². The molecule has 0 aromatic heterocycles. The molecule has 0 spiro atoms. The number of phosphoric acid groups is 1. The Morgan fingerprint density at radius 2 is 0.643 bits per heavy atom. The summed E-state index contributed by atoms with van der Waals surface area (Å²) in [5, 5.41) is 0. The first kappa shape index (κ1) is 69.0. The van der Waals surface area contributed by atoms with Crippen LogP contribution in [0.4, 0.5) is 0 Å². The van der Waals surface area contributed by atoms with Crippen molar-refractivity contribution >= 4 is 19.8 Å².